The van der Waals surface area contributed by atoms with Gasteiger partial charge in [0.15, 0.2) is 0 Å². The third-order valence-electron chi connectivity index (χ3n) is 5.06. The molecule has 1 aromatic carbocycles. The van der Waals surface area contributed by atoms with Crippen LogP contribution in [0.5, 0.6) is 0 Å². The molecule has 0 radical (unpaired) electrons. The van der Waals surface area contributed by atoms with Gasteiger partial charge < -0.3 is 10.1 Å². The highest BCUT2D eigenvalue weighted by Crippen LogP contribution is 2.25. The molecular weight excluding hydrogens is 300 g/mol. The average molecular weight is 326 g/mol. The van der Waals surface area contributed by atoms with Crippen LogP contribution in [-0.2, 0) is 11.3 Å². The van der Waals surface area contributed by atoms with Crippen molar-refractivity contribution in [1.29, 1.82) is 0 Å². The van der Waals surface area contributed by atoms with E-state index in [1.54, 1.807) is 0 Å². The van der Waals surface area contributed by atoms with Crippen LogP contribution in [-0.4, -0.2) is 47.2 Å². The third kappa shape index (κ3) is 3.68. The summed E-state index contributed by atoms with van der Waals surface area (Å²) in [6, 6.07) is 8.89. The van der Waals surface area contributed by atoms with E-state index >= 15 is 0 Å². The standard InChI is InChI=1S/C19H26N4O/c1-2-6-15(7-3-1)20-19-16-8-4-5-9-17(16)21-18(22-19)14-23-10-12-24-13-11-23/h4-5,8-9,15H,1-3,6-7,10-14H2,(H,20,21,22). The van der Waals surface area contributed by atoms with Gasteiger partial charge in [-0.3, -0.25) is 4.90 Å². The van der Waals surface area contributed by atoms with Crippen molar-refractivity contribution in [2.75, 3.05) is 31.6 Å². The predicted molar refractivity (Wildman–Crippen MR) is 96.1 cm³/mol. The molecule has 1 aliphatic carbocycles. The second kappa shape index (κ2) is 7.45. The van der Waals surface area contributed by atoms with Crippen LogP contribution in [0.2, 0.25) is 0 Å². The molecule has 1 aliphatic heterocycles. The van der Waals surface area contributed by atoms with Crippen molar-refractivity contribution in [3.05, 3.63) is 30.1 Å². The molecule has 0 spiro atoms. The van der Waals surface area contributed by atoms with E-state index < -0.39 is 0 Å². The summed E-state index contributed by atoms with van der Waals surface area (Å²) in [5.41, 5.74) is 1.04. The summed E-state index contributed by atoms with van der Waals surface area (Å²) in [5, 5.41) is 4.84. The maximum absolute atomic E-state index is 5.44. The molecule has 0 atom stereocenters. The number of morpholine rings is 1. The van der Waals surface area contributed by atoms with Gasteiger partial charge in [-0.15, -0.1) is 0 Å². The van der Waals surface area contributed by atoms with Gasteiger partial charge in [0.25, 0.3) is 0 Å². The minimum Gasteiger partial charge on any atom is -0.379 e. The Labute approximate surface area is 143 Å². The molecule has 2 heterocycles. The van der Waals surface area contributed by atoms with Gasteiger partial charge in [0.05, 0.1) is 25.3 Å². The van der Waals surface area contributed by atoms with Gasteiger partial charge in [-0.2, -0.15) is 0 Å². The summed E-state index contributed by atoms with van der Waals surface area (Å²) < 4.78 is 5.44. The Kier molecular flexibility index (Phi) is 4.90. The highest BCUT2D eigenvalue weighted by atomic mass is 16.5. The van der Waals surface area contributed by atoms with E-state index in [1.807, 2.05) is 0 Å². The molecule has 128 valence electrons. The molecule has 5 nitrogen and oxygen atoms in total. The number of benzene rings is 1. The van der Waals surface area contributed by atoms with Crippen LogP contribution < -0.4 is 5.32 Å². The minimum absolute atomic E-state index is 0.549. The van der Waals surface area contributed by atoms with Gasteiger partial charge in [0, 0.05) is 24.5 Å². The van der Waals surface area contributed by atoms with Crippen LogP contribution in [0.15, 0.2) is 24.3 Å². The minimum atomic E-state index is 0.549. The van der Waals surface area contributed by atoms with Gasteiger partial charge in [-0.25, -0.2) is 9.97 Å². The summed E-state index contributed by atoms with van der Waals surface area (Å²) in [7, 11) is 0. The molecule has 5 heteroatoms. The molecule has 4 rings (SSSR count). The van der Waals surface area contributed by atoms with Crippen LogP contribution in [0.4, 0.5) is 5.82 Å². The lowest BCUT2D eigenvalue weighted by atomic mass is 9.95. The van der Waals surface area contributed by atoms with Crippen molar-refractivity contribution >= 4 is 16.7 Å². The van der Waals surface area contributed by atoms with Crippen LogP contribution >= 0.6 is 0 Å². The summed E-state index contributed by atoms with van der Waals surface area (Å²) in [6.45, 7) is 4.33. The number of aromatic nitrogens is 2. The first-order chi connectivity index (χ1) is 11.9. The fourth-order valence-corrected chi connectivity index (χ4v) is 3.70. The van der Waals surface area contributed by atoms with E-state index in [1.165, 1.54) is 32.1 Å². The highest BCUT2D eigenvalue weighted by molar-refractivity contribution is 5.89. The zero-order valence-corrected chi connectivity index (χ0v) is 14.2. The summed E-state index contributed by atoms with van der Waals surface area (Å²) >= 11 is 0. The molecular formula is C19H26N4O. The first kappa shape index (κ1) is 15.8. The first-order valence-corrected chi connectivity index (χ1v) is 9.21. The zero-order chi connectivity index (χ0) is 16.2. The van der Waals surface area contributed by atoms with E-state index in [9.17, 15) is 0 Å². The predicted octanol–water partition coefficient (Wildman–Crippen LogP) is 3.21. The topological polar surface area (TPSA) is 50.3 Å². The number of rotatable bonds is 4. The van der Waals surface area contributed by atoms with Gasteiger partial charge in [0.2, 0.25) is 0 Å². The molecule has 1 saturated carbocycles. The molecule has 2 aromatic rings. The average Bonchev–Trinajstić information content (AvgIpc) is 2.63. The number of nitrogens with one attached hydrogen (secondary N) is 1. The van der Waals surface area contributed by atoms with Crippen LogP contribution in [0.3, 0.4) is 0 Å². The Morgan fingerprint density at radius 2 is 1.83 bits per heavy atom. The SMILES string of the molecule is c1ccc2c(NC3CCCCC3)nc(CN3CCOCC3)nc2c1. The smallest absolute Gasteiger partial charge is 0.145 e. The quantitative estimate of drug-likeness (QED) is 0.935. The Morgan fingerprint density at radius 3 is 2.67 bits per heavy atom. The molecule has 1 N–H and O–H groups in total. The van der Waals surface area contributed by atoms with E-state index in [-0.39, 0.29) is 0 Å². The van der Waals surface area contributed by atoms with Gasteiger partial charge in [-0.1, -0.05) is 31.4 Å². The molecule has 0 unspecified atom stereocenters. The van der Waals surface area contributed by atoms with E-state index in [2.05, 4.69) is 34.5 Å². The van der Waals surface area contributed by atoms with Crippen LogP contribution in [0, 0.1) is 0 Å². The van der Waals surface area contributed by atoms with E-state index in [0.29, 0.717) is 6.04 Å². The zero-order valence-electron chi connectivity index (χ0n) is 14.2. The highest BCUT2D eigenvalue weighted by Gasteiger charge is 2.17. The molecule has 24 heavy (non-hydrogen) atoms. The lowest BCUT2D eigenvalue weighted by Gasteiger charge is -2.27. The Bertz CT molecular complexity index is 678. The second-order valence-corrected chi connectivity index (χ2v) is 6.87. The van der Waals surface area contributed by atoms with E-state index in [0.717, 1.165) is 55.4 Å². The number of ether oxygens (including phenoxy) is 1. The van der Waals surface area contributed by atoms with E-state index in [4.69, 9.17) is 14.7 Å². The fourth-order valence-electron chi connectivity index (χ4n) is 3.70. The van der Waals surface area contributed by atoms with Gasteiger partial charge in [-0.05, 0) is 25.0 Å². The van der Waals surface area contributed by atoms with Gasteiger partial charge in [0.1, 0.15) is 11.6 Å². The monoisotopic (exact) mass is 326 g/mol. The normalized spacial score (nSPS) is 20.3. The Morgan fingerprint density at radius 1 is 1.04 bits per heavy atom. The number of hydrogen-bond donors (Lipinski definition) is 1. The molecule has 0 bridgehead atoms. The van der Waals surface area contributed by atoms with Gasteiger partial charge >= 0.3 is 0 Å². The van der Waals surface area contributed by atoms with Crippen LogP contribution in [0.1, 0.15) is 37.9 Å². The number of fused-ring (bicyclic) bond motifs is 1. The van der Waals surface area contributed by atoms with Crippen molar-refractivity contribution in [3.8, 4) is 0 Å². The Balaban J connectivity index is 1.60. The lowest BCUT2D eigenvalue weighted by molar-refractivity contribution is 0.0331. The van der Waals surface area contributed by atoms with Crippen molar-refractivity contribution in [1.82, 2.24) is 14.9 Å². The number of anilines is 1. The van der Waals surface area contributed by atoms with Crippen molar-refractivity contribution in [3.63, 3.8) is 0 Å². The largest absolute Gasteiger partial charge is 0.379 e. The molecule has 1 saturated heterocycles. The maximum Gasteiger partial charge on any atom is 0.145 e. The summed E-state index contributed by atoms with van der Waals surface area (Å²) in [5.74, 6) is 1.92. The number of hydrogen-bond acceptors (Lipinski definition) is 5. The third-order valence-corrected chi connectivity index (χ3v) is 5.06. The van der Waals surface area contributed by atoms with Crippen molar-refractivity contribution in [2.45, 2.75) is 44.7 Å². The van der Waals surface area contributed by atoms with Crippen LogP contribution in [0.25, 0.3) is 10.9 Å². The van der Waals surface area contributed by atoms with Crippen molar-refractivity contribution in [2.24, 2.45) is 0 Å². The molecule has 0 amide bonds. The maximum atomic E-state index is 5.44. The first-order valence-electron chi connectivity index (χ1n) is 9.21. The lowest BCUT2D eigenvalue weighted by Crippen LogP contribution is -2.36. The molecule has 1 aromatic heterocycles. The fraction of sp³-hybridized carbons (Fsp3) is 0.579. The second-order valence-electron chi connectivity index (χ2n) is 6.87. The number of para-hydroxylation sites is 1. The summed E-state index contributed by atoms with van der Waals surface area (Å²) in [6.07, 6.45) is 6.50. The van der Waals surface area contributed by atoms with Crippen molar-refractivity contribution < 1.29 is 4.74 Å². The number of nitrogens with zero attached hydrogens (tertiary/aromatic N) is 3. The molecule has 2 aliphatic rings. The Hall–Kier alpha value is -1.72. The summed E-state index contributed by atoms with van der Waals surface area (Å²) in [4.78, 5) is 12.0. The molecule has 2 fully saturated rings.